The topological polar surface area (TPSA) is 45.5 Å². The third-order valence-electron chi connectivity index (χ3n) is 3.69. The van der Waals surface area contributed by atoms with Crippen LogP contribution >= 0.6 is 0 Å². The molecule has 1 aliphatic heterocycles. The first kappa shape index (κ1) is 12.2. The van der Waals surface area contributed by atoms with E-state index < -0.39 is 0 Å². The second-order valence-corrected chi connectivity index (χ2v) is 4.80. The van der Waals surface area contributed by atoms with E-state index in [4.69, 9.17) is 4.42 Å². The first-order valence-electron chi connectivity index (χ1n) is 6.16. The molecule has 0 bridgehead atoms. The lowest BCUT2D eigenvalue weighted by Crippen LogP contribution is -2.42. The van der Waals surface area contributed by atoms with Crippen LogP contribution in [-0.4, -0.2) is 30.9 Å². The zero-order chi connectivity index (χ0) is 12.3. The van der Waals surface area contributed by atoms with Crippen molar-refractivity contribution in [2.45, 2.75) is 26.3 Å². The summed E-state index contributed by atoms with van der Waals surface area (Å²) >= 11 is 0. The van der Waals surface area contributed by atoms with Crippen molar-refractivity contribution in [1.82, 2.24) is 10.2 Å². The van der Waals surface area contributed by atoms with Gasteiger partial charge in [-0.3, -0.25) is 4.79 Å². The molecule has 0 radical (unpaired) electrons. The van der Waals surface area contributed by atoms with Gasteiger partial charge in [0, 0.05) is 13.6 Å². The van der Waals surface area contributed by atoms with Crippen molar-refractivity contribution >= 4 is 5.91 Å². The predicted molar refractivity (Wildman–Crippen MR) is 65.4 cm³/mol. The number of amides is 1. The summed E-state index contributed by atoms with van der Waals surface area (Å²) in [7, 11) is 1.85. The summed E-state index contributed by atoms with van der Waals surface area (Å²) in [5, 5.41) is 3.29. The maximum Gasteiger partial charge on any atom is 0.230 e. The highest BCUT2D eigenvalue weighted by atomic mass is 16.3. The van der Waals surface area contributed by atoms with Crippen LogP contribution in [0.3, 0.4) is 0 Å². The van der Waals surface area contributed by atoms with Crippen LogP contribution in [0.2, 0.25) is 0 Å². The molecule has 0 aromatic carbocycles. The lowest BCUT2D eigenvalue weighted by atomic mass is 9.83. The molecule has 1 aromatic heterocycles. The minimum absolute atomic E-state index is 0.207. The van der Waals surface area contributed by atoms with Crippen molar-refractivity contribution in [1.29, 1.82) is 0 Å². The normalized spacial score (nSPS) is 23.9. The van der Waals surface area contributed by atoms with E-state index in [1.165, 1.54) is 0 Å². The molecule has 94 valence electrons. The molecule has 1 aromatic rings. The summed E-state index contributed by atoms with van der Waals surface area (Å²) in [4.78, 5) is 14.2. The van der Waals surface area contributed by atoms with Crippen molar-refractivity contribution in [3.63, 3.8) is 0 Å². The van der Waals surface area contributed by atoms with E-state index in [9.17, 15) is 4.79 Å². The molecule has 1 saturated heterocycles. The summed E-state index contributed by atoms with van der Waals surface area (Å²) in [5.74, 6) is 1.06. The van der Waals surface area contributed by atoms with Crippen molar-refractivity contribution < 1.29 is 9.21 Å². The molecule has 4 heteroatoms. The number of carbonyl (C=O) groups is 1. The molecule has 17 heavy (non-hydrogen) atoms. The Bertz CT molecular complexity index is 367. The van der Waals surface area contributed by atoms with Gasteiger partial charge >= 0.3 is 0 Å². The van der Waals surface area contributed by atoms with Crippen molar-refractivity contribution in [2.75, 3.05) is 20.1 Å². The highest BCUT2D eigenvalue weighted by molar-refractivity contribution is 5.83. The minimum atomic E-state index is -0.207. The summed E-state index contributed by atoms with van der Waals surface area (Å²) < 4.78 is 5.27. The number of carbonyl (C=O) groups excluding carboxylic acids is 1. The number of nitrogens with zero attached hydrogens (tertiary/aromatic N) is 1. The lowest BCUT2D eigenvalue weighted by molar-refractivity contribution is -0.140. The number of hydrogen-bond acceptors (Lipinski definition) is 3. The van der Waals surface area contributed by atoms with Gasteiger partial charge in [-0.05, 0) is 31.5 Å². The maximum atomic E-state index is 12.5. The van der Waals surface area contributed by atoms with Gasteiger partial charge in [0.1, 0.15) is 5.76 Å². The van der Waals surface area contributed by atoms with Crippen LogP contribution in [0, 0.1) is 5.41 Å². The van der Waals surface area contributed by atoms with Gasteiger partial charge in [-0.15, -0.1) is 0 Å². The van der Waals surface area contributed by atoms with Gasteiger partial charge < -0.3 is 14.6 Å². The number of rotatable bonds is 4. The van der Waals surface area contributed by atoms with Crippen LogP contribution in [0.25, 0.3) is 0 Å². The molecule has 2 rings (SSSR count). The van der Waals surface area contributed by atoms with Crippen LogP contribution in [0.1, 0.15) is 25.5 Å². The van der Waals surface area contributed by atoms with Crippen LogP contribution < -0.4 is 5.32 Å². The Labute approximate surface area is 102 Å². The van der Waals surface area contributed by atoms with E-state index in [0.717, 1.165) is 31.7 Å². The van der Waals surface area contributed by atoms with E-state index in [2.05, 4.69) is 12.2 Å². The average Bonchev–Trinajstić information content (AvgIpc) is 2.99. The van der Waals surface area contributed by atoms with Crippen molar-refractivity contribution in [3.05, 3.63) is 24.2 Å². The largest absolute Gasteiger partial charge is 0.467 e. The fraction of sp³-hybridized carbons (Fsp3) is 0.615. The smallest absolute Gasteiger partial charge is 0.230 e. The fourth-order valence-corrected chi connectivity index (χ4v) is 2.49. The molecular formula is C13H20N2O2. The molecule has 1 aliphatic rings. The Hall–Kier alpha value is -1.29. The van der Waals surface area contributed by atoms with Gasteiger partial charge in [-0.25, -0.2) is 0 Å². The molecule has 1 unspecified atom stereocenters. The Morgan fingerprint density at radius 3 is 3.00 bits per heavy atom. The minimum Gasteiger partial charge on any atom is -0.467 e. The van der Waals surface area contributed by atoms with E-state index in [-0.39, 0.29) is 11.3 Å². The zero-order valence-corrected chi connectivity index (χ0v) is 10.5. The van der Waals surface area contributed by atoms with Gasteiger partial charge in [0.15, 0.2) is 0 Å². The molecule has 1 amide bonds. The second kappa shape index (κ2) is 4.92. The van der Waals surface area contributed by atoms with Crippen LogP contribution in [0.5, 0.6) is 0 Å². The molecule has 1 N–H and O–H groups in total. The van der Waals surface area contributed by atoms with Crippen LogP contribution in [0.15, 0.2) is 22.8 Å². The monoisotopic (exact) mass is 236 g/mol. The van der Waals surface area contributed by atoms with E-state index in [1.54, 1.807) is 11.2 Å². The number of furan rings is 1. The standard InChI is InChI=1S/C13H20N2O2/c1-3-13(6-7-14-10-13)12(16)15(2)9-11-5-4-8-17-11/h4-5,8,14H,3,6-7,9-10H2,1-2H3. The Morgan fingerprint density at radius 2 is 2.47 bits per heavy atom. The summed E-state index contributed by atoms with van der Waals surface area (Å²) in [6.07, 6.45) is 3.46. The predicted octanol–water partition coefficient (Wildman–Crippen LogP) is 1.63. The first-order valence-corrected chi connectivity index (χ1v) is 6.16. The highest BCUT2D eigenvalue weighted by Crippen LogP contribution is 2.31. The zero-order valence-electron chi connectivity index (χ0n) is 10.5. The van der Waals surface area contributed by atoms with E-state index >= 15 is 0 Å². The van der Waals surface area contributed by atoms with Gasteiger partial charge in [0.25, 0.3) is 0 Å². The first-order chi connectivity index (χ1) is 8.18. The molecular weight excluding hydrogens is 216 g/mol. The molecule has 4 nitrogen and oxygen atoms in total. The third kappa shape index (κ3) is 2.36. The Balaban J connectivity index is 2.03. The van der Waals surface area contributed by atoms with Gasteiger partial charge in [0.05, 0.1) is 18.2 Å². The highest BCUT2D eigenvalue weighted by Gasteiger charge is 2.41. The lowest BCUT2D eigenvalue weighted by Gasteiger charge is -2.30. The maximum absolute atomic E-state index is 12.5. The van der Waals surface area contributed by atoms with E-state index in [1.807, 2.05) is 19.2 Å². The molecule has 1 fully saturated rings. The molecule has 0 saturated carbocycles. The molecule has 0 spiro atoms. The van der Waals surface area contributed by atoms with Gasteiger partial charge in [-0.2, -0.15) is 0 Å². The van der Waals surface area contributed by atoms with Gasteiger partial charge in [0.2, 0.25) is 5.91 Å². The summed E-state index contributed by atoms with van der Waals surface area (Å²) in [6.45, 7) is 4.37. The van der Waals surface area contributed by atoms with Crippen LogP contribution in [0.4, 0.5) is 0 Å². The molecule has 2 heterocycles. The van der Waals surface area contributed by atoms with Crippen LogP contribution in [-0.2, 0) is 11.3 Å². The van der Waals surface area contributed by atoms with Crippen molar-refractivity contribution in [3.8, 4) is 0 Å². The molecule has 0 aliphatic carbocycles. The quantitative estimate of drug-likeness (QED) is 0.864. The Kier molecular flexibility index (Phi) is 3.52. The summed E-state index contributed by atoms with van der Waals surface area (Å²) in [6, 6.07) is 3.75. The summed E-state index contributed by atoms with van der Waals surface area (Å²) in [5.41, 5.74) is -0.207. The third-order valence-corrected chi connectivity index (χ3v) is 3.69. The number of hydrogen-bond donors (Lipinski definition) is 1. The van der Waals surface area contributed by atoms with Crippen molar-refractivity contribution in [2.24, 2.45) is 5.41 Å². The average molecular weight is 236 g/mol. The van der Waals surface area contributed by atoms with E-state index in [0.29, 0.717) is 6.54 Å². The molecule has 1 atom stereocenters. The SMILES string of the molecule is CCC1(C(=O)N(C)Cc2ccco2)CCNC1. The number of nitrogens with one attached hydrogen (secondary N) is 1. The Morgan fingerprint density at radius 1 is 1.65 bits per heavy atom. The second-order valence-electron chi connectivity index (χ2n) is 4.80. The fourth-order valence-electron chi connectivity index (χ4n) is 2.49. The van der Waals surface area contributed by atoms with Gasteiger partial charge in [-0.1, -0.05) is 6.92 Å².